The Balaban J connectivity index is 1.69. The minimum absolute atomic E-state index is 0.182. The highest BCUT2D eigenvalue weighted by atomic mass is 32.1. The van der Waals surface area contributed by atoms with E-state index in [4.69, 9.17) is 0 Å². The van der Waals surface area contributed by atoms with Crippen LogP contribution in [0.25, 0.3) is 0 Å². The van der Waals surface area contributed by atoms with Crippen LogP contribution in [-0.2, 0) is 0 Å². The van der Waals surface area contributed by atoms with Crippen molar-refractivity contribution in [2.24, 2.45) is 0 Å². The molecule has 0 aliphatic carbocycles. The predicted octanol–water partition coefficient (Wildman–Crippen LogP) is 3.85. The van der Waals surface area contributed by atoms with Gasteiger partial charge in [0.25, 0.3) is 5.91 Å². The van der Waals surface area contributed by atoms with Crippen LogP contribution in [0.1, 0.15) is 27.4 Å². The van der Waals surface area contributed by atoms with Gasteiger partial charge in [0.05, 0.1) is 5.69 Å². The molecular formula is C17H17N5OS. The summed E-state index contributed by atoms with van der Waals surface area (Å²) in [6.07, 6.45) is 0. The summed E-state index contributed by atoms with van der Waals surface area (Å²) in [5, 5.41) is 8.42. The van der Waals surface area contributed by atoms with Gasteiger partial charge in [0.1, 0.15) is 0 Å². The first-order valence-electron chi connectivity index (χ1n) is 7.42. The third-order valence-electron chi connectivity index (χ3n) is 3.22. The number of carbonyl (C=O) groups is 1. The van der Waals surface area contributed by atoms with Crippen molar-refractivity contribution in [1.82, 2.24) is 15.0 Å². The minimum Gasteiger partial charge on any atom is -0.324 e. The number of nitrogens with zero attached hydrogens (tertiary/aromatic N) is 3. The number of thiazole rings is 1. The van der Waals surface area contributed by atoms with Gasteiger partial charge >= 0.3 is 0 Å². The van der Waals surface area contributed by atoms with Crippen LogP contribution in [0.5, 0.6) is 0 Å². The quantitative estimate of drug-likeness (QED) is 0.754. The van der Waals surface area contributed by atoms with E-state index in [1.165, 1.54) is 11.3 Å². The van der Waals surface area contributed by atoms with Gasteiger partial charge in [0.2, 0.25) is 5.95 Å². The number of carbonyl (C=O) groups excluding carboxylic acids is 1. The average Bonchev–Trinajstić information content (AvgIpc) is 2.92. The first kappa shape index (κ1) is 16.1. The summed E-state index contributed by atoms with van der Waals surface area (Å²) >= 11 is 1.41. The van der Waals surface area contributed by atoms with Gasteiger partial charge in [-0.2, -0.15) is 0 Å². The Morgan fingerprint density at radius 2 is 1.62 bits per heavy atom. The SMILES string of the molecule is Cc1cc(C)nc(Nc2ccc(C(=O)Nc3nc(C)cs3)cc2)n1. The molecule has 122 valence electrons. The molecule has 0 atom stereocenters. The molecule has 1 amide bonds. The highest BCUT2D eigenvalue weighted by Crippen LogP contribution is 2.18. The molecular weight excluding hydrogens is 322 g/mol. The zero-order valence-electron chi connectivity index (χ0n) is 13.6. The Hall–Kier alpha value is -2.80. The Morgan fingerprint density at radius 3 is 2.21 bits per heavy atom. The Morgan fingerprint density at radius 1 is 0.958 bits per heavy atom. The number of nitrogens with one attached hydrogen (secondary N) is 2. The second-order valence-electron chi connectivity index (χ2n) is 5.42. The van der Waals surface area contributed by atoms with Gasteiger partial charge in [-0.05, 0) is 51.1 Å². The topological polar surface area (TPSA) is 79.8 Å². The number of rotatable bonds is 4. The molecule has 0 saturated carbocycles. The van der Waals surface area contributed by atoms with Crippen molar-refractivity contribution < 1.29 is 4.79 Å². The molecule has 2 heterocycles. The summed E-state index contributed by atoms with van der Waals surface area (Å²) < 4.78 is 0. The van der Waals surface area contributed by atoms with Crippen LogP contribution < -0.4 is 10.6 Å². The number of amides is 1. The van der Waals surface area contributed by atoms with E-state index in [0.717, 1.165) is 22.8 Å². The van der Waals surface area contributed by atoms with Crippen molar-refractivity contribution in [2.45, 2.75) is 20.8 Å². The van der Waals surface area contributed by atoms with Gasteiger partial charge in [-0.15, -0.1) is 11.3 Å². The molecule has 6 nitrogen and oxygen atoms in total. The fourth-order valence-corrected chi connectivity index (χ4v) is 2.88. The molecule has 2 N–H and O–H groups in total. The fourth-order valence-electron chi connectivity index (χ4n) is 2.20. The van der Waals surface area contributed by atoms with E-state index >= 15 is 0 Å². The van der Waals surface area contributed by atoms with E-state index < -0.39 is 0 Å². The standard InChI is InChI=1S/C17H17N5OS/c1-10-8-11(2)19-16(18-10)21-14-6-4-13(5-7-14)15(23)22-17-20-12(3)9-24-17/h4-9H,1-3H3,(H,18,19,21)(H,20,22,23). The lowest BCUT2D eigenvalue weighted by Crippen LogP contribution is -2.11. The molecule has 0 aliphatic rings. The second-order valence-corrected chi connectivity index (χ2v) is 6.28. The van der Waals surface area contributed by atoms with Gasteiger partial charge < -0.3 is 5.32 Å². The van der Waals surface area contributed by atoms with E-state index in [2.05, 4.69) is 25.6 Å². The zero-order chi connectivity index (χ0) is 17.1. The summed E-state index contributed by atoms with van der Waals surface area (Å²) in [6, 6.07) is 9.06. The highest BCUT2D eigenvalue weighted by Gasteiger charge is 2.08. The molecule has 24 heavy (non-hydrogen) atoms. The molecule has 0 fully saturated rings. The van der Waals surface area contributed by atoms with Crippen molar-refractivity contribution in [3.8, 4) is 0 Å². The van der Waals surface area contributed by atoms with Crippen molar-refractivity contribution >= 4 is 34.0 Å². The van der Waals surface area contributed by atoms with Crippen molar-refractivity contribution in [2.75, 3.05) is 10.6 Å². The largest absolute Gasteiger partial charge is 0.324 e. The van der Waals surface area contributed by atoms with Crippen LogP contribution in [0.4, 0.5) is 16.8 Å². The van der Waals surface area contributed by atoms with Gasteiger partial charge in [0.15, 0.2) is 5.13 Å². The molecule has 0 spiro atoms. The van der Waals surface area contributed by atoms with E-state index in [1.54, 1.807) is 12.1 Å². The molecule has 0 unspecified atom stereocenters. The monoisotopic (exact) mass is 339 g/mol. The number of anilines is 3. The Kier molecular flexibility index (Phi) is 4.52. The van der Waals surface area contributed by atoms with Crippen molar-refractivity contribution in [3.63, 3.8) is 0 Å². The molecule has 1 aromatic carbocycles. The maximum Gasteiger partial charge on any atom is 0.257 e. The molecule has 0 radical (unpaired) electrons. The van der Waals surface area contributed by atoms with E-state index in [1.807, 2.05) is 44.4 Å². The maximum absolute atomic E-state index is 12.2. The summed E-state index contributed by atoms with van der Waals surface area (Å²) in [5.74, 6) is 0.363. The number of aryl methyl sites for hydroxylation is 3. The average molecular weight is 339 g/mol. The fraction of sp³-hybridized carbons (Fsp3) is 0.176. The predicted molar refractivity (Wildman–Crippen MR) is 96.0 cm³/mol. The summed E-state index contributed by atoms with van der Waals surface area (Å²) in [6.45, 7) is 5.74. The third-order valence-corrected chi connectivity index (χ3v) is 4.10. The molecule has 0 aliphatic heterocycles. The summed E-state index contributed by atoms with van der Waals surface area (Å²) in [4.78, 5) is 25.1. The Labute approximate surface area is 144 Å². The van der Waals surface area contributed by atoms with Crippen LogP contribution in [0.3, 0.4) is 0 Å². The third kappa shape index (κ3) is 3.94. The van der Waals surface area contributed by atoms with Crippen molar-refractivity contribution in [1.29, 1.82) is 0 Å². The lowest BCUT2D eigenvalue weighted by Gasteiger charge is -2.07. The van der Waals surface area contributed by atoms with Crippen molar-refractivity contribution in [3.05, 3.63) is 58.4 Å². The first-order chi connectivity index (χ1) is 11.5. The number of hydrogen-bond donors (Lipinski definition) is 2. The lowest BCUT2D eigenvalue weighted by molar-refractivity contribution is 0.102. The molecule has 0 saturated heterocycles. The van der Waals surface area contributed by atoms with Crippen LogP contribution in [0, 0.1) is 20.8 Å². The molecule has 3 aromatic rings. The van der Waals surface area contributed by atoms with Gasteiger partial charge in [-0.3, -0.25) is 10.1 Å². The Bertz CT molecular complexity index is 853. The number of hydrogen-bond acceptors (Lipinski definition) is 6. The summed E-state index contributed by atoms with van der Waals surface area (Å²) in [5.41, 5.74) is 4.08. The van der Waals surface area contributed by atoms with Gasteiger partial charge in [0, 0.05) is 28.0 Å². The van der Waals surface area contributed by atoms with Crippen LogP contribution in [0.2, 0.25) is 0 Å². The number of aromatic nitrogens is 3. The second kappa shape index (κ2) is 6.76. The van der Waals surface area contributed by atoms with E-state index in [0.29, 0.717) is 16.6 Å². The normalized spacial score (nSPS) is 10.5. The van der Waals surface area contributed by atoms with Crippen LogP contribution in [-0.4, -0.2) is 20.9 Å². The molecule has 7 heteroatoms. The first-order valence-corrected chi connectivity index (χ1v) is 8.30. The summed E-state index contributed by atoms with van der Waals surface area (Å²) in [7, 11) is 0. The zero-order valence-corrected chi connectivity index (χ0v) is 14.4. The maximum atomic E-state index is 12.2. The smallest absolute Gasteiger partial charge is 0.257 e. The highest BCUT2D eigenvalue weighted by molar-refractivity contribution is 7.13. The van der Waals surface area contributed by atoms with Gasteiger partial charge in [-0.1, -0.05) is 0 Å². The van der Waals surface area contributed by atoms with E-state index in [-0.39, 0.29) is 5.91 Å². The van der Waals surface area contributed by atoms with E-state index in [9.17, 15) is 4.79 Å². The molecule has 2 aromatic heterocycles. The molecule has 0 bridgehead atoms. The molecule has 3 rings (SSSR count). The number of benzene rings is 1. The van der Waals surface area contributed by atoms with Crippen LogP contribution in [0.15, 0.2) is 35.7 Å². The lowest BCUT2D eigenvalue weighted by atomic mass is 10.2. The van der Waals surface area contributed by atoms with Gasteiger partial charge in [-0.25, -0.2) is 15.0 Å². The van der Waals surface area contributed by atoms with Crippen LogP contribution >= 0.6 is 11.3 Å². The minimum atomic E-state index is -0.182.